The molecule has 20 heavy (non-hydrogen) atoms. The molecule has 0 spiro atoms. The third-order valence-corrected chi connectivity index (χ3v) is 3.40. The molecular formula is C14H24N4O2. The molecule has 1 fully saturated rings. The predicted octanol–water partition coefficient (Wildman–Crippen LogP) is 0.0521. The maximum Gasteiger partial charge on any atom is 0.191 e. The third kappa shape index (κ3) is 3.98. The molecule has 1 saturated heterocycles. The van der Waals surface area contributed by atoms with Gasteiger partial charge in [0.15, 0.2) is 5.96 Å². The van der Waals surface area contributed by atoms with Gasteiger partial charge in [-0.25, -0.2) is 0 Å². The zero-order chi connectivity index (χ0) is 14.3. The molecule has 112 valence electrons. The first kappa shape index (κ1) is 14.9. The lowest BCUT2D eigenvalue weighted by Gasteiger charge is -2.38. The van der Waals surface area contributed by atoms with E-state index in [-0.39, 0.29) is 12.0 Å². The highest BCUT2D eigenvalue weighted by atomic mass is 16.5. The summed E-state index contributed by atoms with van der Waals surface area (Å²) in [4.78, 5) is 4.54. The Morgan fingerprint density at radius 1 is 1.35 bits per heavy atom. The number of aliphatic hydroxyl groups is 1. The fraction of sp³-hybridized carbons (Fsp3) is 0.643. The molecule has 1 aliphatic rings. The summed E-state index contributed by atoms with van der Waals surface area (Å²) in [6, 6.07) is 4.03. The number of nitrogens with one attached hydrogen (secondary N) is 2. The van der Waals surface area contributed by atoms with Gasteiger partial charge in [0, 0.05) is 32.0 Å². The van der Waals surface area contributed by atoms with E-state index in [1.54, 1.807) is 0 Å². The van der Waals surface area contributed by atoms with Crippen molar-refractivity contribution in [3.8, 4) is 0 Å². The second-order valence-electron chi connectivity index (χ2n) is 5.19. The first-order chi connectivity index (χ1) is 9.78. The van der Waals surface area contributed by atoms with Crippen LogP contribution in [0.3, 0.4) is 0 Å². The van der Waals surface area contributed by atoms with Crippen molar-refractivity contribution >= 4 is 5.96 Å². The summed E-state index contributed by atoms with van der Waals surface area (Å²) in [5, 5.41) is 15.9. The van der Waals surface area contributed by atoms with Gasteiger partial charge in [-0.1, -0.05) is 0 Å². The van der Waals surface area contributed by atoms with Crippen molar-refractivity contribution in [2.75, 3.05) is 39.5 Å². The average Bonchev–Trinajstić information content (AvgIpc) is 2.91. The van der Waals surface area contributed by atoms with Crippen LogP contribution in [0.2, 0.25) is 0 Å². The summed E-state index contributed by atoms with van der Waals surface area (Å²) in [7, 11) is 0. The van der Waals surface area contributed by atoms with Gasteiger partial charge >= 0.3 is 0 Å². The minimum absolute atomic E-state index is 0.124. The number of nitrogens with zero attached hydrogens (tertiary/aromatic N) is 2. The van der Waals surface area contributed by atoms with Crippen molar-refractivity contribution in [2.24, 2.45) is 10.4 Å². The Kier molecular flexibility index (Phi) is 5.43. The average molecular weight is 280 g/mol. The van der Waals surface area contributed by atoms with E-state index in [1.165, 1.54) is 0 Å². The van der Waals surface area contributed by atoms with Crippen LogP contribution in [0.25, 0.3) is 0 Å². The van der Waals surface area contributed by atoms with Crippen molar-refractivity contribution in [1.82, 2.24) is 15.2 Å². The van der Waals surface area contributed by atoms with Gasteiger partial charge < -0.3 is 25.0 Å². The zero-order valence-electron chi connectivity index (χ0n) is 12.0. The molecular weight excluding hydrogens is 256 g/mol. The predicted molar refractivity (Wildman–Crippen MR) is 78.8 cm³/mol. The van der Waals surface area contributed by atoms with Crippen molar-refractivity contribution in [3.63, 3.8) is 0 Å². The number of rotatable bonds is 7. The molecule has 1 aliphatic heterocycles. The molecule has 6 nitrogen and oxygen atoms in total. The molecule has 0 amide bonds. The van der Waals surface area contributed by atoms with Crippen LogP contribution in [0.1, 0.15) is 6.92 Å². The van der Waals surface area contributed by atoms with Crippen LogP contribution in [0.5, 0.6) is 0 Å². The lowest BCUT2D eigenvalue weighted by Crippen LogP contribution is -2.49. The smallest absolute Gasteiger partial charge is 0.191 e. The topological polar surface area (TPSA) is 70.8 Å². The molecule has 2 rings (SSSR count). The van der Waals surface area contributed by atoms with E-state index >= 15 is 0 Å². The summed E-state index contributed by atoms with van der Waals surface area (Å²) in [5.41, 5.74) is -0.178. The molecule has 0 unspecified atom stereocenters. The summed E-state index contributed by atoms with van der Waals surface area (Å²) >= 11 is 0. The van der Waals surface area contributed by atoms with Crippen LogP contribution in [-0.4, -0.2) is 55.1 Å². The normalized spacial score (nSPS) is 17.6. The monoisotopic (exact) mass is 280 g/mol. The third-order valence-electron chi connectivity index (χ3n) is 3.40. The minimum atomic E-state index is -0.178. The highest BCUT2D eigenvalue weighted by Gasteiger charge is 2.37. The number of aliphatic hydroxyl groups excluding tert-OH is 1. The lowest BCUT2D eigenvalue weighted by atomic mass is 9.87. The number of aromatic nitrogens is 1. The number of hydrogen-bond donors (Lipinski definition) is 3. The number of ether oxygens (including phenoxy) is 1. The highest BCUT2D eigenvalue weighted by molar-refractivity contribution is 5.79. The Labute approximate surface area is 119 Å². The van der Waals surface area contributed by atoms with Gasteiger partial charge in [0.2, 0.25) is 0 Å². The van der Waals surface area contributed by atoms with E-state index in [1.807, 2.05) is 31.5 Å². The van der Waals surface area contributed by atoms with Crippen LogP contribution < -0.4 is 10.6 Å². The van der Waals surface area contributed by atoms with Crippen LogP contribution in [0.15, 0.2) is 29.5 Å². The van der Waals surface area contributed by atoms with Gasteiger partial charge in [-0.3, -0.25) is 4.99 Å². The first-order valence-corrected chi connectivity index (χ1v) is 7.09. The van der Waals surface area contributed by atoms with E-state index in [0.29, 0.717) is 19.8 Å². The lowest BCUT2D eigenvalue weighted by molar-refractivity contribution is -0.130. The van der Waals surface area contributed by atoms with Crippen molar-refractivity contribution in [2.45, 2.75) is 13.5 Å². The number of hydrogen-bond acceptors (Lipinski definition) is 3. The first-order valence-electron chi connectivity index (χ1n) is 7.09. The summed E-state index contributed by atoms with van der Waals surface area (Å²) in [6.45, 7) is 6.46. The molecule has 0 aliphatic carbocycles. The van der Waals surface area contributed by atoms with Crippen molar-refractivity contribution in [3.05, 3.63) is 24.5 Å². The van der Waals surface area contributed by atoms with Crippen LogP contribution in [-0.2, 0) is 11.3 Å². The van der Waals surface area contributed by atoms with Gasteiger partial charge in [-0.2, -0.15) is 0 Å². The Morgan fingerprint density at radius 3 is 2.65 bits per heavy atom. The summed E-state index contributed by atoms with van der Waals surface area (Å²) in [6.07, 6.45) is 4.08. The number of guanidine groups is 1. The van der Waals surface area contributed by atoms with Crippen molar-refractivity contribution < 1.29 is 9.84 Å². The molecule has 6 heteroatoms. The molecule has 0 saturated carbocycles. The van der Waals surface area contributed by atoms with Gasteiger partial charge in [0.1, 0.15) is 0 Å². The molecule has 3 N–H and O–H groups in total. The quantitative estimate of drug-likeness (QED) is 0.488. The molecule has 0 radical (unpaired) electrons. The zero-order valence-corrected chi connectivity index (χ0v) is 12.0. The molecule has 1 aromatic heterocycles. The second-order valence-corrected chi connectivity index (χ2v) is 5.19. The maximum atomic E-state index is 9.39. The Hall–Kier alpha value is -1.53. The maximum absolute atomic E-state index is 9.39. The molecule has 2 heterocycles. The minimum Gasteiger partial charge on any atom is -0.396 e. The standard InChI is InChI=1S/C14H24N4O2/c1-2-15-13(16-5-8-18-6-3-4-7-18)17-9-14(10-19)11-20-12-14/h3-4,6-7,19H,2,5,8-12H2,1H3,(H2,15,16,17). The second kappa shape index (κ2) is 7.31. The highest BCUT2D eigenvalue weighted by Crippen LogP contribution is 2.26. The van der Waals surface area contributed by atoms with Crippen molar-refractivity contribution in [1.29, 1.82) is 0 Å². The largest absolute Gasteiger partial charge is 0.396 e. The van der Waals surface area contributed by atoms with Crippen LogP contribution in [0, 0.1) is 5.41 Å². The van der Waals surface area contributed by atoms with Gasteiger partial charge in [0.05, 0.1) is 31.8 Å². The summed E-state index contributed by atoms with van der Waals surface area (Å²) in [5.74, 6) is 0.791. The van der Waals surface area contributed by atoms with Crippen LogP contribution in [0.4, 0.5) is 0 Å². The molecule has 1 aromatic rings. The van der Waals surface area contributed by atoms with E-state index in [4.69, 9.17) is 4.74 Å². The van der Waals surface area contributed by atoms with Crippen LogP contribution >= 0.6 is 0 Å². The molecule has 0 atom stereocenters. The molecule has 0 aromatic carbocycles. The van der Waals surface area contributed by atoms with Gasteiger partial charge in [-0.05, 0) is 19.1 Å². The molecule has 0 bridgehead atoms. The Morgan fingerprint density at radius 2 is 2.10 bits per heavy atom. The Balaban J connectivity index is 1.79. The van der Waals surface area contributed by atoms with E-state index in [2.05, 4.69) is 20.2 Å². The summed E-state index contributed by atoms with van der Waals surface area (Å²) < 4.78 is 7.29. The van der Waals surface area contributed by atoms with E-state index < -0.39 is 0 Å². The van der Waals surface area contributed by atoms with E-state index in [9.17, 15) is 5.11 Å². The number of aliphatic imine (C=N–C) groups is 1. The fourth-order valence-corrected chi connectivity index (χ4v) is 2.03. The Bertz CT molecular complexity index is 407. The fourth-order valence-electron chi connectivity index (χ4n) is 2.03. The van der Waals surface area contributed by atoms with Gasteiger partial charge in [-0.15, -0.1) is 0 Å². The van der Waals surface area contributed by atoms with E-state index in [0.717, 1.165) is 25.6 Å². The van der Waals surface area contributed by atoms with Gasteiger partial charge in [0.25, 0.3) is 0 Å². The SMILES string of the molecule is CCNC(=NCC1(CO)COC1)NCCn1cccc1.